The van der Waals surface area contributed by atoms with Gasteiger partial charge >= 0.3 is 18.6 Å². The fraction of sp³-hybridized carbons (Fsp3) is 0.422. The van der Waals surface area contributed by atoms with Crippen molar-refractivity contribution < 1.29 is 41.7 Å². The molecule has 0 spiro atoms. The summed E-state index contributed by atoms with van der Waals surface area (Å²) in [7, 11) is 0. The fourth-order valence-corrected chi connectivity index (χ4v) is 8.40. The molecule has 13 heteroatoms. The first-order valence-electron chi connectivity index (χ1n) is 19.9. The van der Waals surface area contributed by atoms with Gasteiger partial charge in [0.05, 0.1) is 13.0 Å². The molecular formula is C45H47Cl2F3N2O6. The highest BCUT2D eigenvalue weighted by atomic mass is 35.5. The number of fused-ring (bicyclic) bond motifs is 3. The summed E-state index contributed by atoms with van der Waals surface area (Å²) in [6, 6.07) is 20.5. The van der Waals surface area contributed by atoms with Crippen molar-refractivity contribution in [1.29, 1.82) is 0 Å². The second-order valence-electron chi connectivity index (χ2n) is 15.4. The molecule has 3 saturated heterocycles. The van der Waals surface area contributed by atoms with Gasteiger partial charge < -0.3 is 18.9 Å². The number of carbonyl (C=O) groups is 2. The van der Waals surface area contributed by atoms with Crippen molar-refractivity contribution in [3.63, 3.8) is 0 Å². The van der Waals surface area contributed by atoms with Crippen LogP contribution in [0.1, 0.15) is 78.1 Å². The standard InChI is InChI=1S/C45H47Cl2F3N2O6/c1-2-27-19-35(46)34(36(47)20-27)23-39(32-12-13-38(58-45(49)50)40(22-32)55-26-28-10-11-28)56-42(53)21-29-6-5-7-30(18-29)24-51-43(33-8-3-4-9-37(33)48)44(54)57-41-25-52-16-14-31(41)15-17-52/h3-9,12-13,18-20,22,28,31,39,41,43,45,51H,2,10-11,14-17,21,23-26H2,1H3. The molecule has 8 rings (SSSR count). The Hall–Kier alpha value is -4.29. The number of benzene rings is 4. The van der Waals surface area contributed by atoms with Crippen LogP contribution < -0.4 is 14.8 Å². The third-order valence-electron chi connectivity index (χ3n) is 11.2. The molecule has 3 unspecified atom stereocenters. The van der Waals surface area contributed by atoms with Gasteiger partial charge in [-0.3, -0.25) is 15.0 Å². The van der Waals surface area contributed by atoms with Gasteiger partial charge in [0.1, 0.15) is 24.1 Å². The van der Waals surface area contributed by atoms with Crippen molar-refractivity contribution in [3.05, 3.63) is 128 Å². The van der Waals surface area contributed by atoms with E-state index < -0.39 is 36.5 Å². The zero-order valence-corrected chi connectivity index (χ0v) is 33.8. The number of carbonyl (C=O) groups excluding carboxylic acids is 2. The van der Waals surface area contributed by atoms with E-state index in [-0.39, 0.29) is 42.6 Å². The molecule has 2 bridgehead atoms. The van der Waals surface area contributed by atoms with E-state index in [9.17, 15) is 18.4 Å². The molecule has 1 aliphatic carbocycles. The average molecular weight is 840 g/mol. The fourth-order valence-electron chi connectivity index (χ4n) is 7.72. The molecule has 4 aromatic carbocycles. The number of hydrogen-bond acceptors (Lipinski definition) is 8. The van der Waals surface area contributed by atoms with Crippen LogP contribution in [0.5, 0.6) is 11.5 Å². The Balaban J connectivity index is 1.07. The Bertz CT molecular complexity index is 2050. The monoisotopic (exact) mass is 838 g/mol. The van der Waals surface area contributed by atoms with Gasteiger partial charge in [-0.2, -0.15) is 8.78 Å². The first kappa shape index (κ1) is 41.9. The van der Waals surface area contributed by atoms with Gasteiger partial charge in [-0.25, -0.2) is 9.18 Å². The lowest BCUT2D eigenvalue weighted by molar-refractivity contribution is -0.161. The van der Waals surface area contributed by atoms with Crippen molar-refractivity contribution in [2.24, 2.45) is 11.8 Å². The Kier molecular flexibility index (Phi) is 13.8. The number of esters is 2. The number of nitrogens with one attached hydrogen (secondary N) is 1. The molecule has 0 radical (unpaired) electrons. The normalized spacial score (nSPS) is 19.7. The maximum Gasteiger partial charge on any atom is 0.387 e. The quantitative estimate of drug-likeness (QED) is 0.0993. The third kappa shape index (κ3) is 10.8. The van der Waals surface area contributed by atoms with Gasteiger partial charge in [0.15, 0.2) is 11.5 Å². The lowest BCUT2D eigenvalue weighted by Gasteiger charge is -2.44. The molecule has 8 nitrogen and oxygen atoms in total. The summed E-state index contributed by atoms with van der Waals surface area (Å²) in [4.78, 5) is 29.7. The van der Waals surface area contributed by atoms with E-state index in [0.717, 1.165) is 49.9 Å². The number of nitrogens with zero attached hydrogens (tertiary/aromatic N) is 1. The minimum Gasteiger partial charge on any atom is -0.489 e. The van der Waals surface area contributed by atoms with E-state index in [1.54, 1.807) is 42.5 Å². The molecule has 4 aromatic rings. The molecular weight excluding hydrogens is 792 g/mol. The number of ether oxygens (including phenoxy) is 4. The SMILES string of the molecule is CCc1cc(Cl)c(CC(OC(=O)Cc2cccc(CNC(C(=O)OC3CN4CCC3CC4)c3ccccc3F)c2)c2ccc(OC(F)F)c(OCC3CC3)c2)c(Cl)c1. The van der Waals surface area contributed by atoms with Crippen LogP contribution in [0.3, 0.4) is 0 Å². The predicted octanol–water partition coefficient (Wildman–Crippen LogP) is 9.62. The summed E-state index contributed by atoms with van der Waals surface area (Å²) >= 11 is 13.4. The Labute approximate surface area is 346 Å². The van der Waals surface area contributed by atoms with Crippen LogP contribution in [0.4, 0.5) is 13.2 Å². The maximum absolute atomic E-state index is 15.1. The average Bonchev–Trinajstić information content (AvgIpc) is 4.04. The summed E-state index contributed by atoms with van der Waals surface area (Å²) in [5.74, 6) is -0.984. The molecule has 308 valence electrons. The molecule has 3 heterocycles. The van der Waals surface area contributed by atoms with Crippen molar-refractivity contribution in [3.8, 4) is 11.5 Å². The number of alkyl halides is 2. The minimum atomic E-state index is -3.06. The number of piperidine rings is 3. The van der Waals surface area contributed by atoms with Crippen molar-refractivity contribution in [1.82, 2.24) is 10.2 Å². The van der Waals surface area contributed by atoms with Gasteiger partial charge in [0.25, 0.3) is 0 Å². The van der Waals surface area contributed by atoms with Crippen molar-refractivity contribution in [2.45, 2.75) is 83.3 Å². The molecule has 1 N–H and O–H groups in total. The molecule has 3 aliphatic heterocycles. The largest absolute Gasteiger partial charge is 0.489 e. The molecule has 1 saturated carbocycles. The van der Waals surface area contributed by atoms with Gasteiger partial charge in [0, 0.05) is 35.1 Å². The lowest BCUT2D eigenvalue weighted by atomic mass is 9.86. The highest BCUT2D eigenvalue weighted by molar-refractivity contribution is 6.36. The zero-order chi connectivity index (χ0) is 40.8. The maximum atomic E-state index is 15.1. The van der Waals surface area contributed by atoms with E-state index in [1.165, 1.54) is 12.1 Å². The highest BCUT2D eigenvalue weighted by Gasteiger charge is 2.38. The van der Waals surface area contributed by atoms with Gasteiger partial charge in [-0.05, 0) is 115 Å². The molecule has 3 atom stereocenters. The summed E-state index contributed by atoms with van der Waals surface area (Å²) in [5.41, 5.74) is 3.57. The first-order chi connectivity index (χ1) is 28.0. The third-order valence-corrected chi connectivity index (χ3v) is 11.8. The van der Waals surface area contributed by atoms with Crippen LogP contribution in [0, 0.1) is 17.7 Å². The summed E-state index contributed by atoms with van der Waals surface area (Å²) < 4.78 is 64.6. The molecule has 58 heavy (non-hydrogen) atoms. The van der Waals surface area contributed by atoms with Gasteiger partial charge in [-0.1, -0.05) is 78.7 Å². The Morgan fingerprint density at radius 1 is 0.879 bits per heavy atom. The van der Waals surface area contributed by atoms with Crippen LogP contribution in [-0.4, -0.2) is 55.8 Å². The van der Waals surface area contributed by atoms with Crippen LogP contribution in [0.15, 0.2) is 78.9 Å². The number of halogens is 5. The summed E-state index contributed by atoms with van der Waals surface area (Å²) in [6.45, 7) is 2.12. The van der Waals surface area contributed by atoms with Crippen LogP contribution in [0.25, 0.3) is 0 Å². The number of aryl methyl sites for hydroxylation is 1. The van der Waals surface area contributed by atoms with E-state index in [2.05, 4.69) is 10.2 Å². The first-order valence-corrected chi connectivity index (χ1v) is 20.6. The van der Waals surface area contributed by atoms with Crippen molar-refractivity contribution >= 4 is 35.1 Å². The number of rotatable bonds is 18. The van der Waals surface area contributed by atoms with Crippen LogP contribution in [-0.2, 0) is 44.9 Å². The van der Waals surface area contributed by atoms with Crippen LogP contribution >= 0.6 is 23.2 Å². The van der Waals surface area contributed by atoms with Gasteiger partial charge in [-0.15, -0.1) is 0 Å². The zero-order valence-electron chi connectivity index (χ0n) is 32.2. The topological polar surface area (TPSA) is 86.3 Å². The number of hydrogen-bond donors (Lipinski definition) is 1. The van der Waals surface area contributed by atoms with Crippen molar-refractivity contribution in [2.75, 3.05) is 26.2 Å². The predicted molar refractivity (Wildman–Crippen MR) is 215 cm³/mol. The smallest absolute Gasteiger partial charge is 0.387 e. The van der Waals surface area contributed by atoms with E-state index in [0.29, 0.717) is 58.1 Å². The summed E-state index contributed by atoms with van der Waals surface area (Å²) in [5, 5.41) is 4.03. The van der Waals surface area contributed by atoms with E-state index in [1.807, 2.05) is 31.2 Å². The molecule has 4 fully saturated rings. The Morgan fingerprint density at radius 3 is 2.29 bits per heavy atom. The lowest BCUT2D eigenvalue weighted by Crippen LogP contribution is -2.52. The molecule has 0 aromatic heterocycles. The highest BCUT2D eigenvalue weighted by Crippen LogP contribution is 2.39. The molecule has 4 aliphatic rings. The minimum absolute atomic E-state index is 0.0989. The van der Waals surface area contributed by atoms with E-state index >= 15 is 4.39 Å². The van der Waals surface area contributed by atoms with E-state index in [4.69, 9.17) is 42.1 Å². The second-order valence-corrected chi connectivity index (χ2v) is 16.2. The van der Waals surface area contributed by atoms with Gasteiger partial charge in [0.2, 0.25) is 0 Å². The second kappa shape index (κ2) is 19.2. The molecule has 0 amide bonds. The summed E-state index contributed by atoms with van der Waals surface area (Å²) in [6.07, 6.45) is 3.46. The Morgan fingerprint density at radius 2 is 1.62 bits per heavy atom. The van der Waals surface area contributed by atoms with Crippen LogP contribution in [0.2, 0.25) is 10.0 Å².